The molecule has 0 aromatic carbocycles. The van der Waals surface area contributed by atoms with Gasteiger partial charge >= 0.3 is 11.9 Å². The Morgan fingerprint density at radius 1 is 1.33 bits per heavy atom. The van der Waals surface area contributed by atoms with E-state index in [1.165, 1.54) is 0 Å². The number of amides is 1. The van der Waals surface area contributed by atoms with Crippen molar-refractivity contribution in [2.45, 2.75) is 19.1 Å². The van der Waals surface area contributed by atoms with Crippen LogP contribution in [0.2, 0.25) is 0 Å². The van der Waals surface area contributed by atoms with Crippen LogP contribution in [0.25, 0.3) is 0 Å². The van der Waals surface area contributed by atoms with E-state index in [1.807, 2.05) is 12.1 Å². The molecule has 0 saturated carbocycles. The lowest BCUT2D eigenvalue weighted by Crippen LogP contribution is -2.27. The molecular formula is C10H10N2O3. The number of aryl methyl sites for hydroxylation is 1. The minimum absolute atomic E-state index is 0.488. The van der Waals surface area contributed by atoms with E-state index in [-0.39, 0.29) is 0 Å². The fraction of sp³-hybridized carbons (Fsp3) is 0.300. The van der Waals surface area contributed by atoms with E-state index in [1.54, 1.807) is 12.4 Å². The van der Waals surface area contributed by atoms with Crippen LogP contribution in [0.4, 0.5) is 0 Å². The van der Waals surface area contributed by atoms with Gasteiger partial charge in [0.05, 0.1) is 0 Å². The van der Waals surface area contributed by atoms with Crippen molar-refractivity contribution >= 4 is 11.9 Å². The van der Waals surface area contributed by atoms with Gasteiger partial charge in [-0.15, -0.1) is 0 Å². The normalized spacial score (nSPS) is 19.9. The molecule has 2 rings (SSSR count). The number of cyclic esters (lactones) is 1. The van der Waals surface area contributed by atoms with Gasteiger partial charge < -0.3 is 10.1 Å². The van der Waals surface area contributed by atoms with Gasteiger partial charge in [0.2, 0.25) is 0 Å². The highest BCUT2D eigenvalue weighted by atomic mass is 16.6. The van der Waals surface area contributed by atoms with Gasteiger partial charge in [-0.1, -0.05) is 0 Å². The molecule has 1 atom stereocenters. The summed E-state index contributed by atoms with van der Waals surface area (Å²) in [7, 11) is 0. The van der Waals surface area contributed by atoms with Gasteiger partial charge in [-0.2, -0.15) is 0 Å². The maximum absolute atomic E-state index is 10.8. The zero-order valence-electron chi connectivity index (χ0n) is 7.97. The average Bonchev–Trinajstić information content (AvgIpc) is 2.57. The summed E-state index contributed by atoms with van der Waals surface area (Å²) >= 11 is 0. The van der Waals surface area contributed by atoms with E-state index in [0.29, 0.717) is 6.42 Å². The molecule has 1 fully saturated rings. The van der Waals surface area contributed by atoms with E-state index < -0.39 is 18.1 Å². The average molecular weight is 206 g/mol. The molecule has 78 valence electrons. The molecule has 15 heavy (non-hydrogen) atoms. The molecule has 1 unspecified atom stereocenters. The summed E-state index contributed by atoms with van der Waals surface area (Å²) in [6.45, 7) is 0. The van der Waals surface area contributed by atoms with Gasteiger partial charge in [-0.3, -0.25) is 9.78 Å². The van der Waals surface area contributed by atoms with E-state index in [0.717, 1.165) is 12.0 Å². The number of rotatable bonds is 3. The van der Waals surface area contributed by atoms with E-state index in [2.05, 4.69) is 10.3 Å². The molecule has 0 bridgehead atoms. The summed E-state index contributed by atoms with van der Waals surface area (Å²) in [5.74, 6) is -1.45. The number of pyridine rings is 1. The Morgan fingerprint density at radius 3 is 2.67 bits per heavy atom. The topological polar surface area (TPSA) is 68.3 Å². The molecule has 1 aliphatic heterocycles. The summed E-state index contributed by atoms with van der Waals surface area (Å²) in [5.41, 5.74) is 1.10. The summed E-state index contributed by atoms with van der Waals surface area (Å²) in [5, 5.41) is 2.45. The molecule has 1 N–H and O–H groups in total. The first-order chi connectivity index (χ1) is 7.25. The van der Waals surface area contributed by atoms with Gasteiger partial charge in [0.15, 0.2) is 6.23 Å². The highest BCUT2D eigenvalue weighted by Crippen LogP contribution is 2.08. The highest BCUT2D eigenvalue weighted by Gasteiger charge is 2.30. The Bertz CT molecular complexity index is 362. The molecule has 1 aliphatic rings. The molecule has 1 aromatic heterocycles. The summed E-state index contributed by atoms with van der Waals surface area (Å²) in [6, 6.07) is 3.77. The Hall–Kier alpha value is -1.91. The number of hydrogen-bond donors (Lipinski definition) is 1. The number of esters is 1. The third kappa shape index (κ3) is 2.31. The molecule has 1 saturated heterocycles. The molecule has 2 heterocycles. The number of nitrogens with one attached hydrogen (secondary N) is 1. The number of carbonyl (C=O) groups is 2. The molecular weight excluding hydrogens is 196 g/mol. The van der Waals surface area contributed by atoms with Crippen LogP contribution in [0.5, 0.6) is 0 Å². The standard InChI is InChI=1S/C10H10N2O3/c13-9-10(14)15-8(12-9)2-1-7-3-5-11-6-4-7/h3-6,8H,1-2H2,(H,12,13). The maximum atomic E-state index is 10.8. The lowest BCUT2D eigenvalue weighted by atomic mass is 10.1. The second kappa shape index (κ2) is 4.08. The number of hydrogen-bond acceptors (Lipinski definition) is 4. The van der Waals surface area contributed by atoms with Gasteiger partial charge in [0.25, 0.3) is 0 Å². The molecule has 0 radical (unpaired) electrons. The smallest absolute Gasteiger partial charge is 0.398 e. The van der Waals surface area contributed by atoms with Gasteiger partial charge in [0, 0.05) is 18.8 Å². The number of ether oxygens (including phenoxy) is 1. The molecule has 0 aliphatic carbocycles. The largest absolute Gasteiger partial charge is 0.435 e. The van der Waals surface area contributed by atoms with Gasteiger partial charge in [-0.25, -0.2) is 4.79 Å². The summed E-state index contributed by atoms with van der Waals surface area (Å²) in [4.78, 5) is 25.4. The monoisotopic (exact) mass is 206 g/mol. The predicted octanol–water partition coefficient (Wildman–Crippen LogP) is 0.0133. The van der Waals surface area contributed by atoms with Crippen molar-refractivity contribution in [3.8, 4) is 0 Å². The maximum Gasteiger partial charge on any atom is 0.398 e. The number of aromatic nitrogens is 1. The lowest BCUT2D eigenvalue weighted by molar-refractivity contribution is -0.149. The van der Waals surface area contributed by atoms with Crippen LogP contribution in [-0.2, 0) is 20.7 Å². The molecule has 1 aromatic rings. The van der Waals surface area contributed by atoms with E-state index in [9.17, 15) is 9.59 Å². The first-order valence-electron chi connectivity index (χ1n) is 4.66. The molecule has 1 amide bonds. The van der Waals surface area contributed by atoms with Crippen molar-refractivity contribution in [3.05, 3.63) is 30.1 Å². The van der Waals surface area contributed by atoms with Crippen LogP contribution in [0.3, 0.4) is 0 Å². The van der Waals surface area contributed by atoms with Crippen LogP contribution in [0, 0.1) is 0 Å². The fourth-order valence-corrected chi connectivity index (χ4v) is 1.40. The van der Waals surface area contributed by atoms with Crippen molar-refractivity contribution in [1.82, 2.24) is 10.3 Å². The second-order valence-electron chi connectivity index (χ2n) is 3.26. The van der Waals surface area contributed by atoms with Gasteiger partial charge in [-0.05, 0) is 24.1 Å². The van der Waals surface area contributed by atoms with E-state index >= 15 is 0 Å². The van der Waals surface area contributed by atoms with Crippen molar-refractivity contribution in [2.75, 3.05) is 0 Å². The first-order valence-corrected chi connectivity index (χ1v) is 4.66. The van der Waals surface area contributed by atoms with Crippen molar-refractivity contribution in [3.63, 3.8) is 0 Å². The third-order valence-corrected chi connectivity index (χ3v) is 2.17. The third-order valence-electron chi connectivity index (χ3n) is 2.17. The van der Waals surface area contributed by atoms with Crippen molar-refractivity contribution < 1.29 is 14.3 Å². The Balaban J connectivity index is 1.85. The first kappa shape index (κ1) is 9.64. The van der Waals surface area contributed by atoms with Crippen molar-refractivity contribution in [1.29, 1.82) is 0 Å². The minimum Gasteiger partial charge on any atom is -0.435 e. The van der Waals surface area contributed by atoms with Crippen molar-refractivity contribution in [2.24, 2.45) is 0 Å². The molecule has 0 spiro atoms. The fourth-order valence-electron chi connectivity index (χ4n) is 1.40. The highest BCUT2D eigenvalue weighted by molar-refractivity contribution is 6.34. The number of carbonyl (C=O) groups excluding carboxylic acids is 2. The zero-order valence-corrected chi connectivity index (χ0v) is 7.97. The van der Waals surface area contributed by atoms with E-state index in [4.69, 9.17) is 4.74 Å². The lowest BCUT2D eigenvalue weighted by Gasteiger charge is -2.07. The molecule has 5 nitrogen and oxygen atoms in total. The van der Waals surface area contributed by atoms with Crippen LogP contribution in [-0.4, -0.2) is 23.1 Å². The van der Waals surface area contributed by atoms with Crippen LogP contribution >= 0.6 is 0 Å². The van der Waals surface area contributed by atoms with Gasteiger partial charge in [0.1, 0.15) is 0 Å². The quantitative estimate of drug-likeness (QED) is 0.559. The Kier molecular flexibility index (Phi) is 2.62. The second-order valence-corrected chi connectivity index (χ2v) is 3.26. The minimum atomic E-state index is -0.797. The summed E-state index contributed by atoms with van der Waals surface area (Å²) in [6.07, 6.45) is 4.24. The SMILES string of the molecule is O=C1NC(CCc2ccncc2)OC1=O. The predicted molar refractivity (Wildman–Crippen MR) is 50.6 cm³/mol. The van der Waals surface area contributed by atoms with Crippen LogP contribution < -0.4 is 5.32 Å². The number of nitrogens with zero attached hydrogens (tertiary/aromatic N) is 1. The summed E-state index contributed by atoms with van der Waals surface area (Å²) < 4.78 is 4.78. The Morgan fingerprint density at radius 2 is 2.07 bits per heavy atom. The Labute approximate surface area is 86.5 Å². The van der Waals surface area contributed by atoms with Crippen LogP contribution in [0.1, 0.15) is 12.0 Å². The zero-order chi connectivity index (χ0) is 10.7. The molecule has 5 heteroatoms. The van der Waals surface area contributed by atoms with Crippen LogP contribution in [0.15, 0.2) is 24.5 Å².